The zero-order chi connectivity index (χ0) is 70.4. The molecule has 0 spiro atoms. The molecule has 10 rings (SSSR count). The Bertz CT molecular complexity index is 4170. The van der Waals surface area contributed by atoms with Gasteiger partial charge in [0, 0.05) is 80.4 Å². The first-order chi connectivity index (χ1) is 47.5. The number of piperidine rings is 2. The molecule has 0 radical (unpaired) electrons. The van der Waals surface area contributed by atoms with Crippen molar-refractivity contribution in [1.82, 2.24) is 24.9 Å². The van der Waals surface area contributed by atoms with Gasteiger partial charge in [-0.1, -0.05) is 53.7 Å². The minimum Gasteiger partial charge on any atom is -0.372 e. The predicted octanol–water partition coefficient (Wildman–Crippen LogP) is 14.9. The van der Waals surface area contributed by atoms with E-state index in [0.29, 0.717) is 102 Å². The molecule has 3 fully saturated rings. The molecular formula is C67H79N17O10S5. The first-order valence-electron chi connectivity index (χ1n) is 32.9. The summed E-state index contributed by atoms with van der Waals surface area (Å²) in [6, 6.07) is 21.4. The van der Waals surface area contributed by atoms with Crippen molar-refractivity contribution < 1.29 is 45.1 Å². The number of aromatic nitrogens is 5. The van der Waals surface area contributed by atoms with Crippen LogP contribution in [0.15, 0.2) is 131 Å². The Morgan fingerprint density at radius 3 is 1.28 bits per heavy atom. The number of carbonyl (C=O) groups is 4. The van der Waals surface area contributed by atoms with Crippen LogP contribution in [0.1, 0.15) is 122 Å². The van der Waals surface area contributed by atoms with Crippen LogP contribution < -0.4 is 40.9 Å². The SMILES string of the molecule is CCN(CC)c1ccc(/N=N/c2nc(N3CCCCC3)c(/C=C(/C(C)=O)C(=O)Nc3ccc(S(=O)(=O)O)cc3)s2)c(Nc2nc(Nc3cc(N(CC)CC)ccc3/N=N/c3nc(N4CCCCC4)c(/C=C(\C(C)=O)C(=O)Nc4ccc(S(=O)(=O)O)cc4)s3)nc(SC3CCCCC3)n2)c1. The first-order valence-corrected chi connectivity index (χ1v) is 38.3. The number of thiazole rings is 2. The van der Waals surface area contributed by atoms with Gasteiger partial charge in [-0.3, -0.25) is 28.3 Å². The van der Waals surface area contributed by atoms with Crippen molar-refractivity contribution in [3.8, 4) is 0 Å². The van der Waals surface area contributed by atoms with Crippen LogP contribution in [0.25, 0.3) is 12.2 Å². The van der Waals surface area contributed by atoms with E-state index in [1.54, 1.807) is 11.8 Å². The number of hydrogen-bond donors (Lipinski definition) is 6. The van der Waals surface area contributed by atoms with Crippen LogP contribution in [0, 0.1) is 0 Å². The Labute approximate surface area is 587 Å². The van der Waals surface area contributed by atoms with Crippen LogP contribution in [0.5, 0.6) is 0 Å². The Morgan fingerprint density at radius 1 is 0.535 bits per heavy atom. The molecule has 3 aliphatic rings. The van der Waals surface area contributed by atoms with Gasteiger partial charge in [0.15, 0.2) is 16.7 Å². The summed E-state index contributed by atoms with van der Waals surface area (Å²) in [6.45, 7) is 16.5. The molecule has 2 saturated heterocycles. The fourth-order valence-electron chi connectivity index (χ4n) is 11.6. The van der Waals surface area contributed by atoms with Crippen molar-refractivity contribution >= 4 is 169 Å². The van der Waals surface area contributed by atoms with Crippen molar-refractivity contribution in [2.45, 2.75) is 132 Å². The number of rotatable bonds is 28. The Balaban J connectivity index is 0.997. The van der Waals surface area contributed by atoms with Gasteiger partial charge in [0.2, 0.25) is 22.2 Å². The van der Waals surface area contributed by atoms with E-state index < -0.39 is 43.6 Å². The molecule has 1 saturated carbocycles. The molecule has 2 aliphatic heterocycles. The number of anilines is 10. The second kappa shape index (κ2) is 33.3. The molecule has 0 atom stereocenters. The molecule has 27 nitrogen and oxygen atoms in total. The van der Waals surface area contributed by atoms with Gasteiger partial charge >= 0.3 is 0 Å². The number of nitrogens with zero attached hydrogens (tertiary/aromatic N) is 13. The van der Waals surface area contributed by atoms with E-state index >= 15 is 0 Å². The van der Waals surface area contributed by atoms with Crippen molar-refractivity contribution in [2.24, 2.45) is 20.5 Å². The van der Waals surface area contributed by atoms with Crippen molar-refractivity contribution in [1.29, 1.82) is 0 Å². The van der Waals surface area contributed by atoms with Crippen LogP contribution in [-0.4, -0.2) is 132 Å². The highest BCUT2D eigenvalue weighted by molar-refractivity contribution is 7.99. The Morgan fingerprint density at radius 2 is 0.919 bits per heavy atom. The number of benzene rings is 4. The second-order valence-corrected chi connectivity index (χ2v) is 29.8. The maximum absolute atomic E-state index is 13.8. The maximum Gasteiger partial charge on any atom is 0.294 e. The number of Topliss-reactive ketones (excluding diaryl/α,β-unsaturated/α-hetero) is 2. The molecule has 1 aliphatic carbocycles. The average molecular weight is 1440 g/mol. The van der Waals surface area contributed by atoms with Crippen molar-refractivity contribution in [2.75, 3.05) is 93.2 Å². The molecular weight excluding hydrogens is 1360 g/mol. The number of hydrogen-bond acceptors (Lipinski definition) is 26. The van der Waals surface area contributed by atoms with Gasteiger partial charge in [-0.05, 0) is 190 Å². The van der Waals surface area contributed by atoms with Crippen molar-refractivity contribution in [3.63, 3.8) is 0 Å². The number of thioether (sulfide) groups is 1. The van der Waals surface area contributed by atoms with Gasteiger partial charge in [0.1, 0.15) is 23.0 Å². The average Bonchev–Trinajstić information content (AvgIpc) is 1.81. The molecule has 4 aromatic carbocycles. The van der Waals surface area contributed by atoms with E-state index in [1.807, 2.05) is 36.4 Å². The molecule has 7 aromatic rings. The summed E-state index contributed by atoms with van der Waals surface area (Å²) in [6.07, 6.45) is 14.0. The summed E-state index contributed by atoms with van der Waals surface area (Å²) in [4.78, 5) is 88.0. The summed E-state index contributed by atoms with van der Waals surface area (Å²) in [5.74, 6) is -1.00. The number of ketones is 2. The monoisotopic (exact) mass is 1440 g/mol. The van der Waals surface area contributed by atoms with E-state index in [4.69, 9.17) is 45.4 Å². The highest BCUT2D eigenvalue weighted by atomic mass is 32.2. The van der Waals surface area contributed by atoms with E-state index in [-0.39, 0.29) is 59.7 Å². The number of amides is 2. The largest absolute Gasteiger partial charge is 0.372 e. The molecule has 5 heterocycles. The normalized spacial score (nSPS) is 15.2. The van der Waals surface area contributed by atoms with Crippen LogP contribution >= 0.6 is 34.4 Å². The zero-order valence-electron chi connectivity index (χ0n) is 55.8. The topological polar surface area (TPSA) is 352 Å². The lowest BCUT2D eigenvalue weighted by Gasteiger charge is -2.27. The third-order valence-corrected chi connectivity index (χ3v) is 21.5. The summed E-state index contributed by atoms with van der Waals surface area (Å²) < 4.78 is 65.7. The molecule has 99 heavy (non-hydrogen) atoms. The standard InChI is InChI=1S/C67H79N17O10S5/c1-7-81(8-2)46-26-32-53(77-79-66-72-59(83-34-16-12-17-35-83)57(96-66)40-51(42(5)85)61(87)68-44-22-28-49(29-23-44)98(89,90)91)55(38-46)70-63-74-64(76-65(75-63)95-48-20-14-11-15-21-48)71-56-39-47(82(9-3)10-4)27-33-54(56)78-80-67-73-60(84-36-18-13-19-37-84)58(97-67)41-52(43(6)86)62(88)69-45-24-30-50(31-25-45)99(92,93)94/h22-33,38-41,48H,7-21,34-37H2,1-6H3,(H,68,87)(H,69,88)(H,89,90,91)(H,92,93,94)(H2,70,71,74,75,76)/b51-40-,52-41+,79-77+,80-78+. The van der Waals surface area contributed by atoms with Gasteiger partial charge in [0.05, 0.1) is 42.1 Å². The minimum absolute atomic E-state index is 0.175. The zero-order valence-corrected chi connectivity index (χ0v) is 59.8. The molecule has 522 valence electrons. The Hall–Kier alpha value is -8.92. The summed E-state index contributed by atoms with van der Waals surface area (Å²) in [5, 5.41) is 32.6. The third kappa shape index (κ3) is 19.3. The predicted molar refractivity (Wildman–Crippen MR) is 391 cm³/mol. The third-order valence-electron chi connectivity index (χ3n) is 16.8. The van der Waals surface area contributed by atoms with E-state index in [9.17, 15) is 45.1 Å². The highest BCUT2D eigenvalue weighted by Crippen LogP contribution is 2.42. The fraction of sp³-hybridized carbons (Fsp3) is 0.388. The number of carbonyl (C=O) groups excluding carboxylic acids is 4. The van der Waals surface area contributed by atoms with Crippen molar-refractivity contribution in [3.05, 3.63) is 106 Å². The van der Waals surface area contributed by atoms with Gasteiger partial charge in [-0.15, -0.1) is 20.5 Å². The van der Waals surface area contributed by atoms with Crippen LogP contribution in [0.2, 0.25) is 0 Å². The molecule has 0 unspecified atom stereocenters. The Kier molecular flexibility index (Phi) is 24.5. The molecule has 3 aromatic heterocycles. The summed E-state index contributed by atoms with van der Waals surface area (Å²) >= 11 is 3.91. The van der Waals surface area contributed by atoms with Gasteiger partial charge in [-0.2, -0.15) is 41.8 Å². The number of nitrogens with one attached hydrogen (secondary N) is 4. The van der Waals surface area contributed by atoms with Gasteiger partial charge in [-0.25, -0.2) is 0 Å². The molecule has 32 heteroatoms. The maximum atomic E-state index is 13.8. The molecule has 0 bridgehead atoms. The summed E-state index contributed by atoms with van der Waals surface area (Å²) in [5.41, 5.74) is 3.73. The smallest absolute Gasteiger partial charge is 0.294 e. The quantitative estimate of drug-likeness (QED) is 0.00872. The lowest BCUT2D eigenvalue weighted by Crippen LogP contribution is -2.30. The molecule has 6 N–H and O–H groups in total. The van der Waals surface area contributed by atoms with Crippen LogP contribution in [0.4, 0.5) is 79.3 Å². The van der Waals surface area contributed by atoms with Crippen LogP contribution in [-0.2, 0) is 39.4 Å². The fourth-order valence-corrected chi connectivity index (χ4v) is 15.4. The van der Waals surface area contributed by atoms with E-state index in [2.05, 4.69) is 68.6 Å². The lowest BCUT2D eigenvalue weighted by atomic mass is 10.0. The van der Waals surface area contributed by atoms with E-state index in [1.165, 1.54) is 50.3 Å². The van der Waals surface area contributed by atoms with Crippen LogP contribution in [0.3, 0.4) is 0 Å². The lowest BCUT2D eigenvalue weighted by molar-refractivity contribution is -0.120. The van der Waals surface area contributed by atoms with Gasteiger partial charge < -0.3 is 40.9 Å². The second-order valence-electron chi connectivity index (χ2n) is 23.6. The highest BCUT2D eigenvalue weighted by Gasteiger charge is 2.27. The summed E-state index contributed by atoms with van der Waals surface area (Å²) in [7, 11) is -8.95. The van der Waals surface area contributed by atoms with E-state index in [0.717, 1.165) is 129 Å². The molecule has 2 amide bonds. The minimum atomic E-state index is -4.48. The number of azo groups is 2. The van der Waals surface area contributed by atoms with Gasteiger partial charge in [0.25, 0.3) is 32.1 Å². The first kappa shape index (κ1) is 72.8.